The molecule has 0 saturated carbocycles. The monoisotopic (exact) mass is 407 g/mol. The van der Waals surface area contributed by atoms with E-state index in [0.29, 0.717) is 12.2 Å². The number of rotatable bonds is 1. The molecule has 0 unspecified atom stereocenters. The van der Waals surface area contributed by atoms with Crippen LogP contribution in [0.4, 0.5) is 10.5 Å². The summed E-state index contributed by atoms with van der Waals surface area (Å²) in [4.78, 5) is 48.8. The van der Waals surface area contributed by atoms with Gasteiger partial charge in [0.15, 0.2) is 5.41 Å². The molecule has 2 aromatic rings. The second kappa shape index (κ2) is 6.60. The number of carbonyl (C=O) groups is 3. The molecule has 3 aliphatic heterocycles. The van der Waals surface area contributed by atoms with Gasteiger partial charge in [0.25, 0.3) is 0 Å². The second-order valence-corrected chi connectivity index (χ2v) is 8.07. The summed E-state index contributed by atoms with van der Waals surface area (Å²) in [6.45, 7) is 4.32. The third kappa shape index (κ3) is 2.62. The lowest BCUT2D eigenvalue weighted by molar-refractivity contribution is -0.153. The van der Waals surface area contributed by atoms with Gasteiger partial charge in [-0.05, 0) is 37.6 Å². The van der Waals surface area contributed by atoms with Crippen molar-refractivity contribution in [2.75, 3.05) is 11.4 Å². The number of nitrogens with zero attached hydrogens (tertiary/aromatic N) is 3. The van der Waals surface area contributed by atoms with Gasteiger partial charge in [0.05, 0.1) is 35.8 Å². The van der Waals surface area contributed by atoms with E-state index in [1.165, 1.54) is 0 Å². The highest BCUT2D eigenvalue weighted by Crippen LogP contribution is 2.46. The number of hydrogen-bond donors (Lipinski definition) is 2. The Hall–Kier alpha value is -3.33. The molecule has 0 aromatic carbocycles. The third-order valence-corrected chi connectivity index (χ3v) is 6.15. The fraction of sp³-hybridized carbons (Fsp3) is 0.381. The Bertz CT molecular complexity index is 1040. The van der Waals surface area contributed by atoms with Crippen LogP contribution in [0.1, 0.15) is 19.4 Å². The van der Waals surface area contributed by atoms with Crippen LogP contribution < -0.4 is 15.5 Å². The van der Waals surface area contributed by atoms with Crippen molar-refractivity contribution in [2.24, 2.45) is 5.41 Å². The van der Waals surface area contributed by atoms with Gasteiger partial charge in [-0.2, -0.15) is 0 Å². The minimum absolute atomic E-state index is 0.0893. The minimum Gasteiger partial charge on any atom is -0.372 e. The van der Waals surface area contributed by atoms with Gasteiger partial charge in [0, 0.05) is 30.9 Å². The number of nitrogens with one attached hydrogen (secondary N) is 2. The van der Waals surface area contributed by atoms with Gasteiger partial charge in [0.2, 0.25) is 11.8 Å². The number of anilines is 1. The van der Waals surface area contributed by atoms with Gasteiger partial charge in [-0.3, -0.25) is 30.2 Å². The lowest BCUT2D eigenvalue weighted by atomic mass is 9.66. The highest BCUT2D eigenvalue weighted by atomic mass is 16.5. The third-order valence-electron chi connectivity index (χ3n) is 6.15. The number of fused-ring (bicyclic) bond motifs is 4. The first kappa shape index (κ1) is 18.7. The Labute approximate surface area is 172 Å². The van der Waals surface area contributed by atoms with Crippen LogP contribution in [0.25, 0.3) is 11.3 Å². The van der Waals surface area contributed by atoms with E-state index in [4.69, 9.17) is 4.74 Å². The van der Waals surface area contributed by atoms with Crippen molar-refractivity contribution >= 4 is 23.5 Å². The molecule has 5 rings (SSSR count). The average Bonchev–Trinajstić information content (AvgIpc) is 2.71. The maximum atomic E-state index is 13.1. The Morgan fingerprint density at radius 3 is 2.63 bits per heavy atom. The maximum absolute atomic E-state index is 13.1. The van der Waals surface area contributed by atoms with Gasteiger partial charge in [-0.1, -0.05) is 0 Å². The quantitative estimate of drug-likeness (QED) is 0.679. The van der Waals surface area contributed by atoms with E-state index in [2.05, 4.69) is 20.6 Å². The molecule has 5 heterocycles. The summed E-state index contributed by atoms with van der Waals surface area (Å²) >= 11 is 0. The smallest absolute Gasteiger partial charge is 0.328 e. The van der Waals surface area contributed by atoms with E-state index in [9.17, 15) is 14.4 Å². The molecule has 2 aromatic heterocycles. The van der Waals surface area contributed by atoms with E-state index in [0.717, 1.165) is 16.8 Å². The number of amides is 4. The van der Waals surface area contributed by atoms with Crippen LogP contribution in [0.2, 0.25) is 0 Å². The molecule has 3 atom stereocenters. The molecular formula is C21H21N5O4. The summed E-state index contributed by atoms with van der Waals surface area (Å²) in [5, 5.41) is 4.59. The fourth-order valence-electron chi connectivity index (χ4n) is 5.00. The molecule has 154 valence electrons. The summed E-state index contributed by atoms with van der Waals surface area (Å²) in [7, 11) is 0. The van der Waals surface area contributed by atoms with Crippen molar-refractivity contribution in [3.8, 4) is 11.3 Å². The first-order valence-electron chi connectivity index (χ1n) is 9.88. The summed E-state index contributed by atoms with van der Waals surface area (Å²) in [5.74, 6) is -1.19. The van der Waals surface area contributed by atoms with Crippen LogP contribution in [0.3, 0.4) is 0 Å². The van der Waals surface area contributed by atoms with Gasteiger partial charge >= 0.3 is 6.03 Å². The summed E-state index contributed by atoms with van der Waals surface area (Å²) in [6.07, 6.45) is 4.84. The molecule has 1 spiro atoms. The van der Waals surface area contributed by atoms with E-state index >= 15 is 0 Å². The highest BCUT2D eigenvalue weighted by molar-refractivity contribution is 6.20. The molecule has 9 nitrogen and oxygen atoms in total. The molecule has 2 saturated heterocycles. The largest absolute Gasteiger partial charge is 0.372 e. The van der Waals surface area contributed by atoms with Crippen molar-refractivity contribution in [3.63, 3.8) is 0 Å². The van der Waals surface area contributed by atoms with Crippen LogP contribution in [0.5, 0.6) is 0 Å². The van der Waals surface area contributed by atoms with E-state index in [-0.39, 0.29) is 12.5 Å². The first-order chi connectivity index (χ1) is 14.4. The molecule has 2 fully saturated rings. The molecule has 0 radical (unpaired) electrons. The number of ether oxygens (including phenoxy) is 1. The second-order valence-electron chi connectivity index (χ2n) is 8.07. The average molecular weight is 407 g/mol. The highest BCUT2D eigenvalue weighted by Gasteiger charge is 2.62. The normalized spacial score (nSPS) is 27.2. The number of urea groups is 1. The fourth-order valence-corrected chi connectivity index (χ4v) is 5.00. The van der Waals surface area contributed by atoms with Gasteiger partial charge in [-0.25, -0.2) is 4.79 Å². The maximum Gasteiger partial charge on any atom is 0.328 e. The number of imide groups is 2. The van der Waals surface area contributed by atoms with Crippen molar-refractivity contribution < 1.29 is 19.1 Å². The Balaban J connectivity index is 1.68. The van der Waals surface area contributed by atoms with Crippen molar-refractivity contribution in [3.05, 3.63) is 42.4 Å². The summed E-state index contributed by atoms with van der Waals surface area (Å²) < 4.78 is 6.00. The lowest BCUT2D eigenvalue weighted by Crippen LogP contribution is -2.75. The topological polar surface area (TPSA) is 114 Å². The molecular weight excluding hydrogens is 386 g/mol. The zero-order valence-electron chi connectivity index (χ0n) is 16.6. The van der Waals surface area contributed by atoms with Crippen LogP contribution in [0, 0.1) is 5.41 Å². The number of pyridine rings is 2. The van der Waals surface area contributed by atoms with Crippen LogP contribution in [-0.4, -0.2) is 52.6 Å². The molecule has 9 heteroatoms. The zero-order valence-corrected chi connectivity index (χ0v) is 16.6. The first-order valence-corrected chi connectivity index (χ1v) is 9.88. The van der Waals surface area contributed by atoms with Gasteiger partial charge < -0.3 is 9.64 Å². The van der Waals surface area contributed by atoms with E-state index < -0.39 is 35.4 Å². The molecule has 3 aliphatic rings. The number of aromatic nitrogens is 2. The molecule has 0 aliphatic carbocycles. The van der Waals surface area contributed by atoms with Crippen LogP contribution in [0.15, 0.2) is 36.8 Å². The van der Waals surface area contributed by atoms with Gasteiger partial charge in [-0.15, -0.1) is 0 Å². The van der Waals surface area contributed by atoms with Crippen LogP contribution >= 0.6 is 0 Å². The molecule has 30 heavy (non-hydrogen) atoms. The van der Waals surface area contributed by atoms with Gasteiger partial charge in [0.1, 0.15) is 0 Å². The van der Waals surface area contributed by atoms with Crippen molar-refractivity contribution in [2.45, 2.75) is 38.5 Å². The number of hydrogen-bond acceptors (Lipinski definition) is 7. The SMILES string of the molecule is C[C@@H]1CN2c3cnc(-c4cccnc4)cc3CC3(C(=O)NC(=O)NC3=O)[C@H]2[C@H](C)O1. The number of carbonyl (C=O) groups excluding carboxylic acids is 3. The summed E-state index contributed by atoms with van der Waals surface area (Å²) in [5.41, 5.74) is 1.76. The Morgan fingerprint density at radius 1 is 1.17 bits per heavy atom. The Morgan fingerprint density at radius 2 is 1.93 bits per heavy atom. The van der Waals surface area contributed by atoms with E-state index in [1.54, 1.807) is 18.6 Å². The minimum atomic E-state index is -1.48. The predicted molar refractivity (Wildman–Crippen MR) is 106 cm³/mol. The van der Waals surface area contributed by atoms with Crippen LogP contribution in [-0.2, 0) is 20.7 Å². The van der Waals surface area contributed by atoms with Crippen molar-refractivity contribution in [1.82, 2.24) is 20.6 Å². The predicted octanol–water partition coefficient (Wildman–Crippen LogP) is 1.03. The number of morpholine rings is 1. The zero-order chi connectivity index (χ0) is 21.0. The summed E-state index contributed by atoms with van der Waals surface area (Å²) in [6, 6.07) is 4.27. The van der Waals surface area contributed by atoms with Crippen molar-refractivity contribution in [1.29, 1.82) is 0 Å². The molecule has 2 N–H and O–H groups in total. The standard InChI is InChI=1S/C21H21N5O4/c1-11-10-26-16-9-23-15(13-4-3-5-22-8-13)6-14(16)7-21(17(26)12(2)30-11)18(27)24-20(29)25-19(21)28/h3-6,8-9,11-12,17H,7,10H2,1-2H3,(H2,24,25,27,28,29)/t11-,12+,17-/m1/s1. The lowest BCUT2D eigenvalue weighted by Gasteiger charge is -2.55. The molecule has 0 bridgehead atoms. The molecule has 4 amide bonds. The van der Waals surface area contributed by atoms with E-state index in [1.807, 2.05) is 36.9 Å². The Kier molecular flexibility index (Phi) is 4.11. The number of barbiturate groups is 1.